The fourth-order valence-electron chi connectivity index (χ4n) is 4.51. The van der Waals surface area contributed by atoms with Crippen molar-refractivity contribution in [2.45, 2.75) is 12.8 Å². The van der Waals surface area contributed by atoms with Crippen LogP contribution in [0.5, 0.6) is 0 Å². The third-order valence-electron chi connectivity index (χ3n) is 5.42. The molecule has 6 rings (SSSR count). The SMILES string of the molecule is C1=c2cc3c4c(ccc5ccc(c2c54)CC1)-c1ccccc1-3. The summed E-state index contributed by atoms with van der Waals surface area (Å²) in [7, 11) is 0. The van der Waals surface area contributed by atoms with E-state index < -0.39 is 0 Å². The molecule has 22 heavy (non-hydrogen) atoms. The summed E-state index contributed by atoms with van der Waals surface area (Å²) in [5.41, 5.74) is 7.14. The summed E-state index contributed by atoms with van der Waals surface area (Å²) in [5.74, 6) is 0. The first-order chi connectivity index (χ1) is 10.9. The predicted octanol–water partition coefficient (Wildman–Crippen LogP) is 5.09. The highest BCUT2D eigenvalue weighted by Crippen LogP contribution is 2.49. The molecule has 4 aromatic rings. The molecule has 102 valence electrons. The van der Waals surface area contributed by atoms with Crippen LogP contribution >= 0.6 is 0 Å². The lowest BCUT2D eigenvalue weighted by Gasteiger charge is -2.16. The lowest BCUT2D eigenvalue weighted by molar-refractivity contribution is 1.04. The first-order valence-electron chi connectivity index (χ1n) is 8.03. The van der Waals surface area contributed by atoms with Crippen LogP contribution in [-0.4, -0.2) is 0 Å². The highest BCUT2D eigenvalue weighted by Gasteiger charge is 2.24. The van der Waals surface area contributed by atoms with Gasteiger partial charge in [-0.1, -0.05) is 54.6 Å². The zero-order valence-electron chi connectivity index (χ0n) is 12.2. The molecule has 0 unspecified atom stereocenters. The smallest absolute Gasteiger partial charge is 0.00138 e. The molecule has 0 saturated carbocycles. The number of aryl methyl sites for hydroxylation is 1. The molecule has 0 atom stereocenters. The van der Waals surface area contributed by atoms with Crippen molar-refractivity contribution < 1.29 is 0 Å². The highest BCUT2D eigenvalue weighted by molar-refractivity contribution is 6.25. The Morgan fingerprint density at radius 1 is 0.636 bits per heavy atom. The molecule has 0 nitrogen and oxygen atoms in total. The maximum Gasteiger partial charge on any atom is -0.00138 e. The van der Waals surface area contributed by atoms with Crippen molar-refractivity contribution in [3.05, 3.63) is 65.4 Å². The van der Waals surface area contributed by atoms with Gasteiger partial charge in [-0.05, 0) is 73.5 Å². The number of fused-ring (bicyclic) bond motifs is 3. The molecular formula is C22H14. The zero-order valence-corrected chi connectivity index (χ0v) is 12.2. The fraction of sp³-hybridized carbons (Fsp3) is 0.0909. The molecule has 0 heterocycles. The lowest BCUT2D eigenvalue weighted by Crippen LogP contribution is -2.10. The highest BCUT2D eigenvalue weighted by atomic mass is 14.3. The van der Waals surface area contributed by atoms with Gasteiger partial charge in [0.2, 0.25) is 0 Å². The third kappa shape index (κ3) is 1.13. The Morgan fingerprint density at radius 3 is 2.36 bits per heavy atom. The first-order valence-corrected chi connectivity index (χ1v) is 8.03. The van der Waals surface area contributed by atoms with Gasteiger partial charge in [-0.25, -0.2) is 0 Å². The second-order valence-corrected chi connectivity index (χ2v) is 6.49. The van der Waals surface area contributed by atoms with E-state index in [1.807, 2.05) is 0 Å². The number of hydrogen-bond acceptors (Lipinski definition) is 0. The van der Waals surface area contributed by atoms with Gasteiger partial charge in [0.1, 0.15) is 0 Å². The van der Waals surface area contributed by atoms with Crippen molar-refractivity contribution in [2.24, 2.45) is 0 Å². The largest absolute Gasteiger partial charge is 0.0763 e. The Labute approximate surface area is 128 Å². The summed E-state index contributed by atoms with van der Waals surface area (Å²) in [4.78, 5) is 0. The van der Waals surface area contributed by atoms with Crippen molar-refractivity contribution in [1.29, 1.82) is 0 Å². The predicted molar refractivity (Wildman–Crippen MR) is 93.9 cm³/mol. The normalized spacial score (nSPS) is 14.4. The van der Waals surface area contributed by atoms with E-state index in [4.69, 9.17) is 0 Å². The molecule has 0 amide bonds. The summed E-state index contributed by atoms with van der Waals surface area (Å²) < 4.78 is 0. The van der Waals surface area contributed by atoms with Crippen LogP contribution in [0, 0.1) is 0 Å². The van der Waals surface area contributed by atoms with Gasteiger partial charge >= 0.3 is 0 Å². The fourth-order valence-corrected chi connectivity index (χ4v) is 4.51. The van der Waals surface area contributed by atoms with Crippen molar-refractivity contribution in [3.63, 3.8) is 0 Å². The second-order valence-electron chi connectivity index (χ2n) is 6.49. The van der Waals surface area contributed by atoms with E-state index in [0.717, 1.165) is 6.42 Å². The van der Waals surface area contributed by atoms with Gasteiger partial charge in [0.15, 0.2) is 0 Å². The van der Waals surface area contributed by atoms with Crippen LogP contribution < -0.4 is 5.22 Å². The first kappa shape index (κ1) is 11.0. The maximum absolute atomic E-state index is 2.43. The summed E-state index contributed by atoms with van der Waals surface area (Å²) in [6, 6.07) is 20.5. The van der Waals surface area contributed by atoms with Crippen LogP contribution in [0.15, 0.2) is 54.6 Å². The summed E-state index contributed by atoms with van der Waals surface area (Å²) in [6.07, 6.45) is 4.76. The Kier molecular flexibility index (Phi) is 1.80. The number of hydrogen-bond donors (Lipinski definition) is 0. The van der Waals surface area contributed by atoms with Gasteiger partial charge in [-0.2, -0.15) is 0 Å². The minimum atomic E-state index is 1.16. The molecule has 0 fully saturated rings. The lowest BCUT2D eigenvalue weighted by atomic mass is 9.87. The Bertz CT molecular complexity index is 1160. The standard InChI is InChI=1S/C22H14/c1-2-7-17-16(6-1)18-11-10-14-9-8-13-4-3-5-15-12-19(17)22(18)21(14)20(13)15/h1-2,5-12H,3-4H2. The Hall–Kier alpha value is -2.60. The molecule has 0 aromatic heterocycles. The third-order valence-corrected chi connectivity index (χ3v) is 5.42. The van der Waals surface area contributed by atoms with Gasteiger partial charge < -0.3 is 0 Å². The Balaban J connectivity index is 2.00. The minimum absolute atomic E-state index is 1.16. The van der Waals surface area contributed by atoms with Crippen molar-refractivity contribution >= 4 is 27.6 Å². The van der Waals surface area contributed by atoms with Gasteiger partial charge in [0.25, 0.3) is 0 Å². The van der Waals surface area contributed by atoms with E-state index >= 15 is 0 Å². The van der Waals surface area contributed by atoms with Crippen LogP contribution in [0.25, 0.3) is 49.9 Å². The molecule has 0 N–H and O–H groups in total. The molecule has 0 saturated heterocycles. The number of benzene rings is 4. The average Bonchev–Trinajstić information content (AvgIpc) is 2.90. The van der Waals surface area contributed by atoms with Crippen LogP contribution in [0.4, 0.5) is 0 Å². The topological polar surface area (TPSA) is 0 Å². The summed E-state index contributed by atoms with van der Waals surface area (Å²) in [5, 5.41) is 7.26. The van der Waals surface area contributed by atoms with Crippen LogP contribution in [-0.2, 0) is 6.42 Å². The van der Waals surface area contributed by atoms with Gasteiger partial charge in [-0.3, -0.25) is 0 Å². The quantitative estimate of drug-likeness (QED) is 0.370. The molecule has 0 spiro atoms. The van der Waals surface area contributed by atoms with E-state index in [9.17, 15) is 0 Å². The van der Waals surface area contributed by atoms with E-state index in [-0.39, 0.29) is 0 Å². The van der Waals surface area contributed by atoms with Crippen molar-refractivity contribution in [3.8, 4) is 22.3 Å². The molecule has 2 aliphatic carbocycles. The minimum Gasteiger partial charge on any atom is -0.0763 e. The molecular weight excluding hydrogens is 264 g/mol. The molecule has 0 radical (unpaired) electrons. The van der Waals surface area contributed by atoms with Gasteiger partial charge in [0, 0.05) is 0 Å². The molecule has 4 aromatic carbocycles. The molecule has 2 aliphatic rings. The average molecular weight is 278 g/mol. The van der Waals surface area contributed by atoms with Crippen LogP contribution in [0.1, 0.15) is 12.0 Å². The molecule has 0 bridgehead atoms. The van der Waals surface area contributed by atoms with Gasteiger partial charge in [-0.15, -0.1) is 0 Å². The monoisotopic (exact) mass is 278 g/mol. The zero-order chi connectivity index (χ0) is 14.3. The maximum atomic E-state index is 2.43. The second kappa shape index (κ2) is 3.59. The van der Waals surface area contributed by atoms with E-state index in [2.05, 4.69) is 60.7 Å². The molecule has 0 heteroatoms. The van der Waals surface area contributed by atoms with Crippen LogP contribution in [0.3, 0.4) is 0 Å². The van der Waals surface area contributed by atoms with Gasteiger partial charge in [0.05, 0.1) is 0 Å². The number of rotatable bonds is 0. The van der Waals surface area contributed by atoms with E-state index in [1.54, 1.807) is 0 Å². The Morgan fingerprint density at radius 2 is 1.45 bits per heavy atom. The van der Waals surface area contributed by atoms with Crippen molar-refractivity contribution in [1.82, 2.24) is 0 Å². The summed E-state index contributed by atoms with van der Waals surface area (Å²) >= 11 is 0. The van der Waals surface area contributed by atoms with Crippen LogP contribution in [0.2, 0.25) is 0 Å². The van der Waals surface area contributed by atoms with E-state index in [0.29, 0.717) is 0 Å². The molecule has 0 aliphatic heterocycles. The van der Waals surface area contributed by atoms with Crippen molar-refractivity contribution in [2.75, 3.05) is 0 Å². The summed E-state index contributed by atoms with van der Waals surface area (Å²) in [6.45, 7) is 0. The van der Waals surface area contributed by atoms with E-state index in [1.165, 1.54) is 61.0 Å².